The van der Waals surface area contributed by atoms with E-state index in [-0.39, 0.29) is 0 Å². The third-order valence-electron chi connectivity index (χ3n) is 2.38. The summed E-state index contributed by atoms with van der Waals surface area (Å²) in [6, 6.07) is 11.1. The van der Waals surface area contributed by atoms with Gasteiger partial charge in [-0.15, -0.1) is 0 Å². The van der Waals surface area contributed by atoms with Crippen LogP contribution in [0.1, 0.15) is 12.8 Å². The quantitative estimate of drug-likeness (QED) is 0.745. The van der Waals surface area contributed by atoms with E-state index in [1.54, 1.807) is 7.00 Å². The molecular weight excluding hydrogens is 321 g/mol. The molecule has 0 spiro atoms. The predicted molar refractivity (Wildman–Crippen MR) is 43.6 cm³/mol. The molecule has 1 aromatic rings. The van der Waals surface area contributed by atoms with Gasteiger partial charge >= 0.3 is 80.7 Å². The molecule has 1 heteroatoms. The monoisotopic (exact) mass is 334 g/mol. The van der Waals surface area contributed by atoms with Gasteiger partial charge in [-0.25, -0.2) is 0 Å². The first-order valence-corrected chi connectivity index (χ1v) is 11.1. The van der Waals surface area contributed by atoms with Crippen molar-refractivity contribution in [3.63, 3.8) is 0 Å². The van der Waals surface area contributed by atoms with E-state index >= 15 is 0 Å². The molecule has 1 aromatic carbocycles. The molecule has 0 aromatic heterocycles. The van der Waals surface area contributed by atoms with Gasteiger partial charge in [0.15, 0.2) is 0 Å². The van der Waals surface area contributed by atoms with Crippen molar-refractivity contribution in [1.29, 1.82) is 0 Å². The molecule has 54 valence electrons. The fraction of sp³-hybridized carbons (Fsp3) is 0.400. The Morgan fingerprint density at radius 1 is 1.18 bits per heavy atom. The summed E-state index contributed by atoms with van der Waals surface area (Å²) < 4.78 is 3.35. The van der Waals surface area contributed by atoms with Crippen LogP contribution in [0.5, 0.6) is 0 Å². The zero-order chi connectivity index (χ0) is 7.52. The van der Waals surface area contributed by atoms with Crippen LogP contribution in [0.3, 0.4) is 0 Å². The SMILES string of the molecule is c1cc[c]([Hg][CH2]C2CC2)cc1. The fourth-order valence-corrected chi connectivity index (χ4v) is 8.90. The third kappa shape index (κ3) is 2.59. The summed E-state index contributed by atoms with van der Waals surface area (Å²) in [4.78, 5) is 0. The van der Waals surface area contributed by atoms with Crippen molar-refractivity contribution in [1.82, 2.24) is 0 Å². The fourth-order valence-electron chi connectivity index (χ4n) is 1.42. The van der Waals surface area contributed by atoms with E-state index in [4.69, 9.17) is 0 Å². The van der Waals surface area contributed by atoms with Crippen molar-refractivity contribution in [3.8, 4) is 0 Å². The molecule has 1 saturated carbocycles. The van der Waals surface area contributed by atoms with Crippen molar-refractivity contribution in [2.45, 2.75) is 16.8 Å². The topological polar surface area (TPSA) is 0 Å². The molecule has 0 saturated heterocycles. The van der Waals surface area contributed by atoms with E-state index in [1.807, 2.05) is 0 Å². The van der Waals surface area contributed by atoms with Crippen LogP contribution in [0.15, 0.2) is 30.3 Å². The summed E-state index contributed by atoms with van der Waals surface area (Å²) in [6.07, 6.45) is 3.07. The Kier molecular flexibility index (Phi) is 2.62. The van der Waals surface area contributed by atoms with Gasteiger partial charge in [0.1, 0.15) is 0 Å². The predicted octanol–water partition coefficient (Wildman–Crippen LogP) is 2.22. The Balaban J connectivity index is 1.85. The van der Waals surface area contributed by atoms with E-state index in [0.29, 0.717) is 0 Å². The first-order chi connectivity index (χ1) is 5.45. The Morgan fingerprint density at radius 3 is 2.55 bits per heavy atom. The minimum atomic E-state index is -0.604. The molecule has 1 aliphatic carbocycles. The average molecular weight is 333 g/mol. The molecule has 1 fully saturated rings. The number of benzene rings is 1. The van der Waals surface area contributed by atoms with Crippen molar-refractivity contribution in [2.24, 2.45) is 5.92 Å². The van der Waals surface area contributed by atoms with Crippen LogP contribution in [-0.2, 0) is 24.6 Å². The van der Waals surface area contributed by atoms with E-state index in [1.165, 1.54) is 12.8 Å². The van der Waals surface area contributed by atoms with E-state index in [0.717, 1.165) is 5.92 Å². The Hall–Kier alpha value is 0.155. The zero-order valence-electron chi connectivity index (χ0n) is 6.79. The van der Waals surface area contributed by atoms with Crippen LogP contribution < -0.4 is 3.07 Å². The molecule has 0 radical (unpaired) electrons. The van der Waals surface area contributed by atoms with E-state index in [2.05, 4.69) is 30.3 Å². The second-order valence-electron chi connectivity index (χ2n) is 3.47. The van der Waals surface area contributed by atoms with Gasteiger partial charge in [-0.1, -0.05) is 0 Å². The molecule has 0 heterocycles. The maximum atomic E-state index is 2.32. The molecule has 0 bridgehead atoms. The zero-order valence-corrected chi connectivity index (χ0v) is 12.3. The van der Waals surface area contributed by atoms with E-state index < -0.39 is 24.6 Å². The van der Waals surface area contributed by atoms with Gasteiger partial charge in [-0.3, -0.25) is 0 Å². The van der Waals surface area contributed by atoms with Crippen LogP contribution in [0, 0.1) is 5.92 Å². The first-order valence-electron chi connectivity index (χ1n) is 4.49. The molecule has 0 atom stereocenters. The summed E-state index contributed by atoms with van der Waals surface area (Å²) >= 11 is -0.604. The van der Waals surface area contributed by atoms with Crippen LogP contribution in [0.4, 0.5) is 0 Å². The maximum absolute atomic E-state index is 2.32. The van der Waals surface area contributed by atoms with Crippen molar-refractivity contribution < 1.29 is 24.6 Å². The Bertz CT molecular complexity index is 214. The van der Waals surface area contributed by atoms with Crippen LogP contribution >= 0.6 is 0 Å². The normalized spacial score (nSPS) is 16.0. The summed E-state index contributed by atoms with van der Waals surface area (Å²) in [7, 11) is 0. The van der Waals surface area contributed by atoms with Gasteiger partial charge in [0.25, 0.3) is 0 Å². The summed E-state index contributed by atoms with van der Waals surface area (Å²) in [5.41, 5.74) is 0. The molecular formula is C10H12Hg. The number of rotatable bonds is 3. The third-order valence-corrected chi connectivity index (χ3v) is 10.8. The van der Waals surface area contributed by atoms with Crippen LogP contribution in [0.25, 0.3) is 0 Å². The minimum absolute atomic E-state index is 0.604. The molecule has 0 aliphatic heterocycles. The molecule has 1 aliphatic rings. The van der Waals surface area contributed by atoms with Gasteiger partial charge in [0.05, 0.1) is 0 Å². The first kappa shape index (κ1) is 7.79. The van der Waals surface area contributed by atoms with Gasteiger partial charge in [-0.05, 0) is 0 Å². The van der Waals surface area contributed by atoms with Crippen molar-refractivity contribution in [2.75, 3.05) is 0 Å². The Labute approximate surface area is 80.4 Å². The Morgan fingerprint density at radius 2 is 1.91 bits per heavy atom. The second-order valence-corrected chi connectivity index (χ2v) is 10.8. The van der Waals surface area contributed by atoms with Crippen molar-refractivity contribution in [3.05, 3.63) is 30.3 Å². The summed E-state index contributed by atoms with van der Waals surface area (Å²) in [6.45, 7) is 0. The number of hydrogen-bond donors (Lipinski definition) is 0. The molecule has 0 unspecified atom stereocenters. The molecule has 2 rings (SSSR count). The molecule has 0 amide bonds. The van der Waals surface area contributed by atoms with Crippen LogP contribution in [-0.4, -0.2) is 0 Å². The molecule has 0 N–H and O–H groups in total. The average Bonchev–Trinajstić information content (AvgIpc) is 2.86. The number of hydrogen-bond acceptors (Lipinski definition) is 0. The standard InChI is InChI=1S/C6H5.C4H7.Hg/c1-2-4-6-5-3-1;1-4-2-3-4;/h1-5H;4H,1-3H2;. The van der Waals surface area contributed by atoms with Gasteiger partial charge < -0.3 is 0 Å². The molecule has 0 nitrogen and oxygen atoms in total. The van der Waals surface area contributed by atoms with Gasteiger partial charge in [0, 0.05) is 0 Å². The van der Waals surface area contributed by atoms with Gasteiger partial charge in [0.2, 0.25) is 0 Å². The van der Waals surface area contributed by atoms with Crippen LogP contribution in [0.2, 0.25) is 3.93 Å². The van der Waals surface area contributed by atoms with E-state index in [9.17, 15) is 0 Å². The second kappa shape index (κ2) is 3.71. The van der Waals surface area contributed by atoms with Crippen molar-refractivity contribution >= 4 is 3.07 Å². The van der Waals surface area contributed by atoms with Gasteiger partial charge in [-0.2, -0.15) is 0 Å². The summed E-state index contributed by atoms with van der Waals surface area (Å²) in [5, 5.41) is 0. The summed E-state index contributed by atoms with van der Waals surface area (Å²) in [5.74, 6) is 1.16. The molecule has 11 heavy (non-hydrogen) atoms.